The Bertz CT molecular complexity index is 723. The maximum Gasteiger partial charge on any atom is 0.246 e. The van der Waals surface area contributed by atoms with Gasteiger partial charge in [0.05, 0.1) is 19.1 Å². The smallest absolute Gasteiger partial charge is 0.246 e. The highest BCUT2D eigenvalue weighted by Gasteiger charge is 2.31. The SMILES string of the molecule is CCOc1ccc(NC(=O)C2CCOC2)cc1S(=O)(=O)N1CCCC1. The van der Waals surface area contributed by atoms with Crippen LogP contribution < -0.4 is 10.1 Å². The van der Waals surface area contributed by atoms with E-state index in [9.17, 15) is 13.2 Å². The molecular weight excluding hydrogens is 344 g/mol. The van der Waals surface area contributed by atoms with Crippen LogP contribution in [0, 0.1) is 5.92 Å². The molecule has 0 aliphatic carbocycles. The predicted molar refractivity (Wildman–Crippen MR) is 93.2 cm³/mol. The lowest BCUT2D eigenvalue weighted by atomic mass is 10.1. The zero-order valence-corrected chi connectivity index (χ0v) is 15.2. The topological polar surface area (TPSA) is 84.9 Å². The number of benzene rings is 1. The molecule has 2 heterocycles. The molecule has 2 saturated heterocycles. The molecule has 1 aromatic carbocycles. The van der Waals surface area contributed by atoms with E-state index in [4.69, 9.17) is 9.47 Å². The van der Waals surface area contributed by atoms with Gasteiger partial charge in [0.15, 0.2) is 0 Å². The maximum absolute atomic E-state index is 12.9. The van der Waals surface area contributed by atoms with Crippen LogP contribution in [-0.4, -0.2) is 51.5 Å². The summed E-state index contributed by atoms with van der Waals surface area (Å²) in [4.78, 5) is 12.4. The zero-order valence-electron chi connectivity index (χ0n) is 14.4. The van der Waals surface area contributed by atoms with Crippen molar-refractivity contribution in [1.82, 2.24) is 4.31 Å². The minimum atomic E-state index is -3.64. The average Bonchev–Trinajstić information content (AvgIpc) is 3.30. The van der Waals surface area contributed by atoms with E-state index in [1.165, 1.54) is 10.4 Å². The van der Waals surface area contributed by atoms with E-state index in [1.54, 1.807) is 12.1 Å². The largest absolute Gasteiger partial charge is 0.492 e. The molecule has 7 nitrogen and oxygen atoms in total. The summed E-state index contributed by atoms with van der Waals surface area (Å²) in [7, 11) is -3.64. The summed E-state index contributed by atoms with van der Waals surface area (Å²) in [5, 5.41) is 2.80. The number of nitrogens with zero attached hydrogens (tertiary/aromatic N) is 1. The van der Waals surface area contributed by atoms with E-state index in [-0.39, 0.29) is 16.7 Å². The van der Waals surface area contributed by atoms with Gasteiger partial charge in [-0.25, -0.2) is 8.42 Å². The number of carbonyl (C=O) groups is 1. The Kier molecular flexibility index (Phi) is 5.61. The van der Waals surface area contributed by atoms with Gasteiger partial charge in [0, 0.05) is 25.4 Å². The Morgan fingerprint density at radius 2 is 2.12 bits per heavy atom. The Labute approximate surface area is 148 Å². The van der Waals surface area contributed by atoms with Crippen molar-refractivity contribution in [1.29, 1.82) is 0 Å². The molecule has 0 aromatic heterocycles. The Morgan fingerprint density at radius 1 is 1.36 bits per heavy atom. The highest BCUT2D eigenvalue weighted by molar-refractivity contribution is 7.89. The Hall–Kier alpha value is -1.64. The van der Waals surface area contributed by atoms with Crippen LogP contribution in [0.3, 0.4) is 0 Å². The fraction of sp³-hybridized carbons (Fsp3) is 0.588. The van der Waals surface area contributed by atoms with Gasteiger partial charge in [-0.1, -0.05) is 0 Å². The monoisotopic (exact) mass is 368 g/mol. The van der Waals surface area contributed by atoms with Gasteiger partial charge in [-0.15, -0.1) is 0 Å². The first-order valence-corrected chi connectivity index (χ1v) is 10.1. The molecule has 0 spiro atoms. The van der Waals surface area contributed by atoms with Crippen molar-refractivity contribution in [3.8, 4) is 5.75 Å². The van der Waals surface area contributed by atoms with Crippen LogP contribution >= 0.6 is 0 Å². The van der Waals surface area contributed by atoms with Crippen LogP contribution in [0.2, 0.25) is 0 Å². The first-order valence-electron chi connectivity index (χ1n) is 8.68. The Balaban J connectivity index is 1.87. The lowest BCUT2D eigenvalue weighted by Gasteiger charge is -2.19. The molecule has 0 radical (unpaired) electrons. The van der Waals surface area contributed by atoms with Gasteiger partial charge in [0.1, 0.15) is 10.6 Å². The third kappa shape index (κ3) is 3.96. The van der Waals surface area contributed by atoms with Crippen molar-refractivity contribution in [2.24, 2.45) is 5.92 Å². The van der Waals surface area contributed by atoms with Crippen LogP contribution in [0.15, 0.2) is 23.1 Å². The van der Waals surface area contributed by atoms with Crippen molar-refractivity contribution >= 4 is 21.6 Å². The summed E-state index contributed by atoms with van der Waals surface area (Å²) in [6, 6.07) is 4.77. The zero-order chi connectivity index (χ0) is 17.9. The predicted octanol–water partition coefficient (Wildman–Crippen LogP) is 1.84. The lowest BCUT2D eigenvalue weighted by Crippen LogP contribution is -2.28. The molecule has 3 rings (SSSR count). The summed E-state index contributed by atoms with van der Waals surface area (Å²) in [6.07, 6.45) is 2.41. The fourth-order valence-corrected chi connectivity index (χ4v) is 4.79. The van der Waals surface area contributed by atoms with Gasteiger partial charge >= 0.3 is 0 Å². The van der Waals surface area contributed by atoms with Gasteiger partial charge in [-0.05, 0) is 44.4 Å². The second-order valence-electron chi connectivity index (χ2n) is 6.26. The van der Waals surface area contributed by atoms with Crippen molar-refractivity contribution in [3.63, 3.8) is 0 Å². The molecule has 0 saturated carbocycles. The molecule has 2 aliphatic heterocycles. The second kappa shape index (κ2) is 7.72. The quantitative estimate of drug-likeness (QED) is 0.828. The lowest BCUT2D eigenvalue weighted by molar-refractivity contribution is -0.119. The van der Waals surface area contributed by atoms with Gasteiger partial charge in [-0.2, -0.15) is 4.31 Å². The molecule has 1 N–H and O–H groups in total. The third-order valence-electron chi connectivity index (χ3n) is 4.49. The number of rotatable bonds is 6. The molecule has 25 heavy (non-hydrogen) atoms. The van der Waals surface area contributed by atoms with Gasteiger partial charge in [0.25, 0.3) is 0 Å². The number of carbonyl (C=O) groups excluding carboxylic acids is 1. The van der Waals surface area contributed by atoms with E-state index >= 15 is 0 Å². The van der Waals surface area contributed by atoms with Gasteiger partial charge < -0.3 is 14.8 Å². The van der Waals surface area contributed by atoms with Crippen molar-refractivity contribution < 1.29 is 22.7 Å². The maximum atomic E-state index is 12.9. The van der Waals surface area contributed by atoms with Crippen LogP contribution in [0.4, 0.5) is 5.69 Å². The summed E-state index contributed by atoms with van der Waals surface area (Å²) >= 11 is 0. The summed E-state index contributed by atoms with van der Waals surface area (Å²) < 4.78 is 38.1. The minimum absolute atomic E-state index is 0.108. The molecule has 1 atom stereocenters. The number of sulfonamides is 1. The molecule has 0 bridgehead atoms. The summed E-state index contributed by atoms with van der Waals surface area (Å²) in [6.45, 7) is 4.20. The molecule has 2 fully saturated rings. The average molecular weight is 368 g/mol. The van der Waals surface area contributed by atoms with Crippen molar-refractivity contribution in [3.05, 3.63) is 18.2 Å². The van der Waals surface area contributed by atoms with Crippen molar-refractivity contribution in [2.75, 3.05) is 38.2 Å². The molecule has 2 aliphatic rings. The minimum Gasteiger partial charge on any atom is -0.492 e. The fourth-order valence-electron chi connectivity index (χ4n) is 3.12. The standard InChI is InChI=1S/C17H24N2O5S/c1-2-24-15-6-5-14(18-17(20)13-7-10-23-12-13)11-16(15)25(21,22)19-8-3-4-9-19/h5-6,11,13H,2-4,7-10,12H2,1H3,(H,18,20). The molecule has 1 amide bonds. The van der Waals surface area contributed by atoms with Gasteiger partial charge in [-0.3, -0.25) is 4.79 Å². The highest BCUT2D eigenvalue weighted by Crippen LogP contribution is 2.32. The van der Waals surface area contributed by atoms with Crippen LogP contribution in [0.25, 0.3) is 0 Å². The van der Waals surface area contributed by atoms with Crippen LogP contribution in [-0.2, 0) is 19.6 Å². The second-order valence-corrected chi connectivity index (χ2v) is 8.16. The summed E-state index contributed by atoms with van der Waals surface area (Å²) in [5.41, 5.74) is 0.457. The normalized spacial score (nSPS) is 21.4. The number of hydrogen-bond acceptors (Lipinski definition) is 5. The van der Waals surface area contributed by atoms with Gasteiger partial charge in [0.2, 0.25) is 15.9 Å². The molecule has 1 unspecified atom stereocenters. The van der Waals surface area contributed by atoms with Crippen LogP contribution in [0.1, 0.15) is 26.2 Å². The number of amides is 1. The Morgan fingerprint density at radius 3 is 2.76 bits per heavy atom. The highest BCUT2D eigenvalue weighted by atomic mass is 32.2. The first-order chi connectivity index (χ1) is 12.0. The van der Waals surface area contributed by atoms with E-state index < -0.39 is 10.0 Å². The molecule has 138 valence electrons. The molecular formula is C17H24N2O5S. The third-order valence-corrected chi connectivity index (χ3v) is 6.41. The first kappa shape index (κ1) is 18.2. The van der Waals surface area contributed by atoms with Crippen molar-refractivity contribution in [2.45, 2.75) is 31.1 Å². The van der Waals surface area contributed by atoms with E-state index in [1.807, 2.05) is 6.92 Å². The molecule has 8 heteroatoms. The van der Waals surface area contributed by atoms with E-state index in [0.717, 1.165) is 12.8 Å². The number of anilines is 1. The molecule has 1 aromatic rings. The van der Waals surface area contributed by atoms with E-state index in [0.29, 0.717) is 50.8 Å². The number of hydrogen-bond donors (Lipinski definition) is 1. The number of nitrogens with one attached hydrogen (secondary N) is 1. The summed E-state index contributed by atoms with van der Waals surface area (Å²) in [5.74, 6) is -0.0204. The number of ether oxygens (including phenoxy) is 2. The van der Waals surface area contributed by atoms with Crippen LogP contribution in [0.5, 0.6) is 5.75 Å². The van der Waals surface area contributed by atoms with E-state index in [2.05, 4.69) is 5.32 Å².